The largest absolute Gasteiger partial charge is 0.330 e. The fourth-order valence-electron chi connectivity index (χ4n) is 2.30. The molecule has 0 saturated heterocycles. The fraction of sp³-hybridized carbons (Fsp3) is 0.462. The first-order valence-electron chi connectivity index (χ1n) is 5.99. The van der Waals surface area contributed by atoms with Gasteiger partial charge in [0.05, 0.1) is 0 Å². The number of rotatable bonds is 4. The molecule has 0 bridgehead atoms. The molecule has 98 valence electrons. The Morgan fingerprint density at radius 3 is 2.33 bits per heavy atom. The van der Waals surface area contributed by atoms with Crippen LogP contribution in [-0.4, -0.2) is 12.5 Å². The van der Waals surface area contributed by atoms with Crippen molar-refractivity contribution in [2.45, 2.75) is 25.7 Å². The summed E-state index contributed by atoms with van der Waals surface area (Å²) in [6, 6.07) is 2.96. The molecule has 0 aromatic heterocycles. The quantitative estimate of drug-likeness (QED) is 0.867. The van der Waals surface area contributed by atoms with Crippen LogP contribution < -0.4 is 11.1 Å². The van der Waals surface area contributed by atoms with Gasteiger partial charge in [-0.3, -0.25) is 4.79 Å². The highest BCUT2D eigenvalue weighted by molar-refractivity contribution is 5.91. The summed E-state index contributed by atoms with van der Waals surface area (Å²) in [6.07, 6.45) is 3.27. The van der Waals surface area contributed by atoms with Crippen LogP contribution in [0.25, 0.3) is 0 Å². The lowest BCUT2D eigenvalue weighted by Gasteiger charge is -2.40. The van der Waals surface area contributed by atoms with E-state index in [1.165, 1.54) is 0 Å². The van der Waals surface area contributed by atoms with Crippen molar-refractivity contribution < 1.29 is 13.6 Å². The molecule has 1 fully saturated rings. The van der Waals surface area contributed by atoms with Gasteiger partial charge in [0.2, 0.25) is 5.91 Å². The van der Waals surface area contributed by atoms with E-state index in [1.807, 2.05) is 0 Å². The molecule has 18 heavy (non-hydrogen) atoms. The van der Waals surface area contributed by atoms with Crippen LogP contribution in [0, 0.1) is 17.0 Å². The second-order valence-corrected chi connectivity index (χ2v) is 4.94. The van der Waals surface area contributed by atoms with Crippen LogP contribution in [0.15, 0.2) is 18.2 Å². The zero-order valence-electron chi connectivity index (χ0n) is 10.0. The van der Waals surface area contributed by atoms with Crippen molar-refractivity contribution in [3.05, 3.63) is 29.8 Å². The topological polar surface area (TPSA) is 55.1 Å². The van der Waals surface area contributed by atoms with E-state index in [4.69, 9.17) is 5.73 Å². The number of amides is 1. The first kappa shape index (κ1) is 13.0. The predicted octanol–water partition coefficient (Wildman–Crippen LogP) is 2.42. The maximum absolute atomic E-state index is 12.9. The molecule has 1 aliphatic rings. The molecule has 3 N–H and O–H groups in total. The summed E-state index contributed by atoms with van der Waals surface area (Å²) in [5.41, 5.74) is 5.69. The van der Waals surface area contributed by atoms with Crippen LogP contribution >= 0.6 is 0 Å². The monoisotopic (exact) mass is 254 g/mol. The van der Waals surface area contributed by atoms with Gasteiger partial charge in [-0.15, -0.1) is 0 Å². The van der Waals surface area contributed by atoms with Crippen LogP contribution in [-0.2, 0) is 4.79 Å². The molecule has 1 amide bonds. The minimum Gasteiger partial charge on any atom is -0.330 e. The van der Waals surface area contributed by atoms with Gasteiger partial charge in [-0.2, -0.15) is 0 Å². The van der Waals surface area contributed by atoms with E-state index in [2.05, 4.69) is 5.32 Å². The molecule has 1 saturated carbocycles. The van der Waals surface area contributed by atoms with Crippen molar-refractivity contribution in [2.24, 2.45) is 11.1 Å². The first-order valence-corrected chi connectivity index (χ1v) is 5.99. The van der Waals surface area contributed by atoms with E-state index in [0.29, 0.717) is 13.0 Å². The minimum absolute atomic E-state index is 0.115. The summed E-state index contributed by atoms with van der Waals surface area (Å²) in [6.45, 7) is 0.470. The summed E-state index contributed by atoms with van der Waals surface area (Å²) in [7, 11) is 0. The lowest BCUT2D eigenvalue weighted by molar-refractivity contribution is -0.119. The maximum atomic E-state index is 12.9. The Hall–Kier alpha value is -1.49. The molecular formula is C13H16F2N2O. The van der Waals surface area contributed by atoms with Gasteiger partial charge in [-0.1, -0.05) is 6.42 Å². The third-order valence-corrected chi connectivity index (χ3v) is 3.53. The molecule has 0 spiro atoms. The summed E-state index contributed by atoms with van der Waals surface area (Å²) in [5.74, 6) is -1.66. The summed E-state index contributed by atoms with van der Waals surface area (Å²) >= 11 is 0. The molecule has 0 atom stereocenters. The Morgan fingerprint density at radius 2 is 1.89 bits per heavy atom. The van der Waals surface area contributed by atoms with Gasteiger partial charge in [-0.25, -0.2) is 8.78 Å². The number of hydrogen-bond donors (Lipinski definition) is 2. The predicted molar refractivity (Wildman–Crippen MR) is 64.9 cm³/mol. The third kappa shape index (κ3) is 2.85. The van der Waals surface area contributed by atoms with E-state index in [9.17, 15) is 13.6 Å². The Balaban J connectivity index is 1.98. The highest BCUT2D eigenvalue weighted by Crippen LogP contribution is 2.43. The van der Waals surface area contributed by atoms with E-state index >= 15 is 0 Å². The number of nitrogens with one attached hydrogen (secondary N) is 1. The van der Waals surface area contributed by atoms with Crippen molar-refractivity contribution >= 4 is 11.6 Å². The Morgan fingerprint density at radius 1 is 1.28 bits per heavy atom. The van der Waals surface area contributed by atoms with Crippen LogP contribution in [0.4, 0.5) is 14.5 Å². The minimum atomic E-state index is -0.706. The zero-order valence-corrected chi connectivity index (χ0v) is 10.0. The molecule has 1 aromatic carbocycles. The lowest BCUT2D eigenvalue weighted by Crippen LogP contribution is -2.40. The van der Waals surface area contributed by atoms with Crippen LogP contribution in [0.3, 0.4) is 0 Å². The smallest absolute Gasteiger partial charge is 0.224 e. The number of halogens is 2. The summed E-state index contributed by atoms with van der Waals surface area (Å²) in [4.78, 5) is 11.8. The Kier molecular flexibility index (Phi) is 3.61. The standard InChI is InChI=1S/C13H16F2N2O/c14-9-4-10(15)6-11(5-9)17-12(18)7-13(8-16)2-1-3-13/h4-6H,1-3,7-8,16H2,(H,17,18). The van der Waals surface area contributed by atoms with Crippen molar-refractivity contribution in [1.82, 2.24) is 0 Å². The van der Waals surface area contributed by atoms with E-state index in [1.54, 1.807) is 0 Å². The second-order valence-electron chi connectivity index (χ2n) is 4.94. The number of carbonyl (C=O) groups excluding carboxylic acids is 1. The third-order valence-electron chi connectivity index (χ3n) is 3.53. The van der Waals surface area contributed by atoms with Gasteiger partial charge in [0, 0.05) is 18.2 Å². The zero-order chi connectivity index (χ0) is 13.2. The average molecular weight is 254 g/mol. The van der Waals surface area contributed by atoms with Gasteiger partial charge >= 0.3 is 0 Å². The maximum Gasteiger partial charge on any atom is 0.224 e. The number of anilines is 1. The SMILES string of the molecule is NCC1(CC(=O)Nc2cc(F)cc(F)c2)CCC1. The van der Waals surface area contributed by atoms with Crippen LogP contribution in [0.2, 0.25) is 0 Å². The molecule has 1 aliphatic carbocycles. The van der Waals surface area contributed by atoms with Crippen LogP contribution in [0.5, 0.6) is 0 Å². The number of benzene rings is 1. The highest BCUT2D eigenvalue weighted by Gasteiger charge is 2.37. The van der Waals surface area contributed by atoms with Gasteiger partial charge < -0.3 is 11.1 Å². The number of carbonyl (C=O) groups is 1. The lowest BCUT2D eigenvalue weighted by atomic mass is 9.66. The molecule has 3 nitrogen and oxygen atoms in total. The molecular weight excluding hydrogens is 238 g/mol. The normalized spacial score (nSPS) is 17.1. The Labute approximate surface area is 104 Å². The molecule has 5 heteroatoms. The molecule has 2 rings (SSSR count). The van der Waals surface area contributed by atoms with Crippen molar-refractivity contribution in [1.29, 1.82) is 0 Å². The highest BCUT2D eigenvalue weighted by atomic mass is 19.1. The van der Waals surface area contributed by atoms with Gasteiger partial charge in [0.15, 0.2) is 0 Å². The van der Waals surface area contributed by atoms with Gasteiger partial charge in [0.1, 0.15) is 11.6 Å². The van der Waals surface area contributed by atoms with Crippen molar-refractivity contribution in [3.63, 3.8) is 0 Å². The summed E-state index contributed by atoms with van der Waals surface area (Å²) < 4.78 is 25.9. The van der Waals surface area contributed by atoms with E-state index in [-0.39, 0.29) is 17.0 Å². The Bertz CT molecular complexity index is 433. The molecule has 0 heterocycles. The second kappa shape index (κ2) is 5.02. The summed E-state index contributed by atoms with van der Waals surface area (Å²) in [5, 5.41) is 2.51. The van der Waals surface area contributed by atoms with Crippen molar-refractivity contribution in [2.75, 3.05) is 11.9 Å². The molecule has 0 unspecified atom stereocenters. The number of hydrogen-bond acceptors (Lipinski definition) is 2. The average Bonchev–Trinajstić information content (AvgIpc) is 2.21. The molecule has 0 radical (unpaired) electrons. The van der Waals surface area contributed by atoms with Crippen LogP contribution in [0.1, 0.15) is 25.7 Å². The van der Waals surface area contributed by atoms with Crippen molar-refractivity contribution in [3.8, 4) is 0 Å². The van der Waals surface area contributed by atoms with E-state index in [0.717, 1.165) is 37.5 Å². The molecule has 0 aliphatic heterocycles. The fourth-order valence-corrected chi connectivity index (χ4v) is 2.30. The molecule has 1 aromatic rings. The van der Waals surface area contributed by atoms with Gasteiger partial charge in [0.25, 0.3) is 0 Å². The van der Waals surface area contributed by atoms with Gasteiger partial charge in [-0.05, 0) is 36.9 Å². The van der Waals surface area contributed by atoms with E-state index < -0.39 is 11.6 Å². The first-order chi connectivity index (χ1) is 8.53. The number of nitrogens with two attached hydrogens (primary N) is 1.